The second kappa shape index (κ2) is 11.1. The fourth-order valence-corrected chi connectivity index (χ4v) is 2.03. The van der Waals surface area contributed by atoms with Gasteiger partial charge in [0.1, 0.15) is 5.57 Å². The van der Waals surface area contributed by atoms with E-state index in [4.69, 9.17) is 45.3 Å². The van der Waals surface area contributed by atoms with Crippen molar-refractivity contribution in [3.05, 3.63) is 38.8 Å². The molecule has 0 radical (unpaired) electrons. The van der Waals surface area contributed by atoms with Gasteiger partial charge in [0.25, 0.3) is 0 Å². The molecule has 0 saturated heterocycles. The molecule has 0 aromatic heterocycles. The Bertz CT molecular complexity index is 590. The number of hydrogen-bond acceptors (Lipinski definition) is 6. The zero-order chi connectivity index (χ0) is 16.7. The van der Waals surface area contributed by atoms with Crippen molar-refractivity contribution < 1.29 is 48.6 Å². The first kappa shape index (κ1) is 22.5. The Balaban J connectivity index is 0.00000484. The minimum atomic E-state index is -0.849. The van der Waals surface area contributed by atoms with E-state index in [1.54, 1.807) is 26.0 Å². The molecule has 0 spiro atoms. The number of carbonyl (C=O) groups excluding carboxylic acids is 2. The Hall–Kier alpha value is -0.500. The van der Waals surface area contributed by atoms with Gasteiger partial charge in [-0.25, -0.2) is 9.59 Å². The fraction of sp³-hybridized carbons (Fsp3) is 0.286. The molecule has 0 unspecified atom stereocenters. The quantitative estimate of drug-likeness (QED) is 0.190. The second-order valence-corrected chi connectivity index (χ2v) is 5.12. The van der Waals surface area contributed by atoms with Gasteiger partial charge in [0.05, 0.1) is 23.3 Å². The Morgan fingerprint density at radius 3 is 2.04 bits per heavy atom. The van der Waals surface area contributed by atoms with Crippen LogP contribution in [0, 0.1) is 0 Å². The summed E-state index contributed by atoms with van der Waals surface area (Å²) in [5.74, 6) is -1.70. The molecule has 0 amide bonds. The summed E-state index contributed by atoms with van der Waals surface area (Å²) in [7, 11) is 0. The predicted molar refractivity (Wildman–Crippen MR) is 87.7 cm³/mol. The van der Waals surface area contributed by atoms with Gasteiger partial charge in [0.15, 0.2) is 0 Å². The molecule has 1 rings (SSSR count). The number of carbonyl (C=O) groups is 2. The Morgan fingerprint density at radius 1 is 1.09 bits per heavy atom. The van der Waals surface area contributed by atoms with E-state index >= 15 is 0 Å². The van der Waals surface area contributed by atoms with Crippen LogP contribution in [0.15, 0.2) is 28.8 Å². The number of benzene rings is 1. The number of esters is 2. The summed E-state index contributed by atoms with van der Waals surface area (Å²) < 4.78 is 9.64. The standard InChI is InChI=1S/C14H15Cl2NO4S.Na/c1-3-20-13(18)11(14(19)21-4-2)12(22)17-8-5-6-9(15)10(16)7-8;/h5-7,17,22H,3-4H2,1-2H3;/q;+1/p-1. The van der Waals surface area contributed by atoms with Gasteiger partial charge < -0.3 is 27.4 Å². The molecule has 1 aromatic carbocycles. The number of rotatable bonds is 6. The number of anilines is 1. The largest absolute Gasteiger partial charge is 1.00 e. The summed E-state index contributed by atoms with van der Waals surface area (Å²) >= 11 is 16.8. The SMILES string of the molecule is CCOC(=O)C(C(=O)OCC)=C([S-])Nc1ccc(Cl)c(Cl)c1.[Na+]. The molecule has 0 fully saturated rings. The molecule has 0 heterocycles. The number of hydrogen-bond donors (Lipinski definition) is 1. The van der Waals surface area contributed by atoms with Gasteiger partial charge in [-0.3, -0.25) is 0 Å². The van der Waals surface area contributed by atoms with E-state index in [-0.39, 0.29) is 53.4 Å². The van der Waals surface area contributed by atoms with E-state index in [1.165, 1.54) is 6.07 Å². The molecular weight excluding hydrogens is 372 g/mol. The third-order valence-corrected chi connectivity index (χ3v) is 3.41. The zero-order valence-electron chi connectivity index (χ0n) is 12.9. The number of nitrogens with one attached hydrogen (secondary N) is 1. The smallest absolute Gasteiger partial charge is 0.761 e. The first-order chi connectivity index (χ1) is 10.4. The van der Waals surface area contributed by atoms with Gasteiger partial charge in [-0.2, -0.15) is 0 Å². The van der Waals surface area contributed by atoms with Crippen molar-refractivity contribution in [2.24, 2.45) is 0 Å². The second-order valence-electron chi connectivity index (χ2n) is 3.90. The van der Waals surface area contributed by atoms with Crippen LogP contribution in [0.5, 0.6) is 0 Å². The van der Waals surface area contributed by atoms with Crippen LogP contribution in [0.25, 0.3) is 0 Å². The van der Waals surface area contributed by atoms with Crippen LogP contribution in [-0.4, -0.2) is 25.2 Å². The molecule has 0 aliphatic rings. The van der Waals surface area contributed by atoms with Crippen molar-refractivity contribution in [2.75, 3.05) is 18.5 Å². The van der Waals surface area contributed by atoms with Gasteiger partial charge in [-0.15, -0.1) is 0 Å². The van der Waals surface area contributed by atoms with Gasteiger partial charge in [0, 0.05) is 5.69 Å². The molecule has 0 aliphatic carbocycles. The Kier molecular flexibility index (Phi) is 10.9. The van der Waals surface area contributed by atoms with Crippen molar-refractivity contribution in [3.8, 4) is 0 Å². The molecule has 0 aliphatic heterocycles. The summed E-state index contributed by atoms with van der Waals surface area (Å²) in [5, 5.41) is 3.30. The normalized spacial score (nSPS) is 9.39. The average molecular weight is 386 g/mol. The molecule has 1 aromatic rings. The molecule has 0 bridgehead atoms. The maximum absolute atomic E-state index is 11.9. The molecule has 0 saturated carbocycles. The van der Waals surface area contributed by atoms with E-state index in [0.717, 1.165) is 0 Å². The summed E-state index contributed by atoms with van der Waals surface area (Å²) in [6.07, 6.45) is 0. The van der Waals surface area contributed by atoms with E-state index in [1.807, 2.05) is 0 Å². The molecule has 120 valence electrons. The fourth-order valence-electron chi connectivity index (χ4n) is 1.44. The maximum Gasteiger partial charge on any atom is 1.00 e. The maximum atomic E-state index is 11.9. The molecule has 0 atom stereocenters. The van der Waals surface area contributed by atoms with Crippen LogP contribution in [0.3, 0.4) is 0 Å². The Labute approximate surface area is 172 Å². The van der Waals surface area contributed by atoms with Crippen LogP contribution in [0.2, 0.25) is 10.0 Å². The average Bonchev–Trinajstić information content (AvgIpc) is 2.43. The van der Waals surface area contributed by atoms with Crippen molar-refractivity contribution in [1.29, 1.82) is 0 Å². The zero-order valence-corrected chi connectivity index (χ0v) is 17.3. The molecule has 9 heteroatoms. The van der Waals surface area contributed by atoms with Crippen molar-refractivity contribution in [1.82, 2.24) is 0 Å². The molecule has 5 nitrogen and oxygen atoms in total. The van der Waals surface area contributed by atoms with Gasteiger partial charge in [0.2, 0.25) is 0 Å². The molecule has 23 heavy (non-hydrogen) atoms. The van der Waals surface area contributed by atoms with Gasteiger partial charge >= 0.3 is 41.5 Å². The minimum absolute atomic E-state index is 0. The van der Waals surface area contributed by atoms with E-state index in [9.17, 15) is 9.59 Å². The van der Waals surface area contributed by atoms with Crippen LogP contribution in [0.1, 0.15) is 13.8 Å². The predicted octanol–water partition coefficient (Wildman–Crippen LogP) is 0.294. The van der Waals surface area contributed by atoms with E-state index in [0.29, 0.717) is 15.7 Å². The third-order valence-electron chi connectivity index (χ3n) is 2.36. The minimum Gasteiger partial charge on any atom is -0.761 e. The van der Waals surface area contributed by atoms with Crippen LogP contribution < -0.4 is 34.9 Å². The molecule has 1 N–H and O–H groups in total. The summed E-state index contributed by atoms with van der Waals surface area (Å²) in [4.78, 5) is 23.8. The topological polar surface area (TPSA) is 64.6 Å². The summed E-state index contributed by atoms with van der Waals surface area (Å²) in [5.41, 5.74) is 0.107. The van der Waals surface area contributed by atoms with Crippen LogP contribution in [-0.2, 0) is 31.7 Å². The Morgan fingerprint density at radius 2 is 1.61 bits per heavy atom. The van der Waals surface area contributed by atoms with Gasteiger partial charge in [-0.05, 0) is 32.0 Å². The van der Waals surface area contributed by atoms with Crippen molar-refractivity contribution in [2.45, 2.75) is 13.8 Å². The third kappa shape index (κ3) is 6.87. The first-order valence-corrected chi connectivity index (χ1v) is 7.54. The van der Waals surface area contributed by atoms with Crippen molar-refractivity contribution >= 4 is 53.5 Å². The van der Waals surface area contributed by atoms with Crippen LogP contribution >= 0.6 is 23.2 Å². The summed E-state index contributed by atoms with van der Waals surface area (Å²) in [6.45, 7) is 3.46. The van der Waals surface area contributed by atoms with E-state index in [2.05, 4.69) is 5.32 Å². The van der Waals surface area contributed by atoms with E-state index < -0.39 is 11.9 Å². The first-order valence-electron chi connectivity index (χ1n) is 6.38. The monoisotopic (exact) mass is 385 g/mol. The van der Waals surface area contributed by atoms with Crippen molar-refractivity contribution in [3.63, 3.8) is 0 Å². The van der Waals surface area contributed by atoms with Crippen LogP contribution in [0.4, 0.5) is 5.69 Å². The molecular formula is C14H14Cl2NNaO4S. The number of halogens is 2. The van der Waals surface area contributed by atoms with Gasteiger partial charge in [-0.1, -0.05) is 28.2 Å². The number of ether oxygens (including phenoxy) is 2. The summed E-state index contributed by atoms with van der Waals surface area (Å²) in [6, 6.07) is 4.68.